The fourth-order valence-corrected chi connectivity index (χ4v) is 6.61. The molecule has 1 amide bonds. The van der Waals surface area contributed by atoms with E-state index in [4.69, 9.17) is 9.47 Å². The molecule has 1 saturated heterocycles. The predicted molar refractivity (Wildman–Crippen MR) is 235 cm³/mol. The largest absolute Gasteiger partial charge is 0.394 e. The first-order valence-corrected chi connectivity index (χ1v) is 22.7. The van der Waals surface area contributed by atoms with Crippen molar-refractivity contribution in [1.82, 2.24) is 5.32 Å². The van der Waals surface area contributed by atoms with Crippen molar-refractivity contribution < 1.29 is 39.8 Å². The van der Waals surface area contributed by atoms with Crippen LogP contribution in [0.4, 0.5) is 0 Å². The molecule has 1 aliphatic rings. The monoisotopic (exact) mass is 802 g/mol. The van der Waals surface area contributed by atoms with Crippen molar-refractivity contribution in [1.29, 1.82) is 0 Å². The van der Waals surface area contributed by atoms with Crippen LogP contribution in [-0.4, -0.2) is 87.5 Å². The third-order valence-corrected chi connectivity index (χ3v) is 10.2. The highest BCUT2D eigenvalue weighted by molar-refractivity contribution is 5.76. The number of unbranched alkanes of at least 4 members (excludes halogenated alkanes) is 16. The minimum absolute atomic E-state index is 0.221. The molecule has 0 aliphatic carbocycles. The van der Waals surface area contributed by atoms with Crippen LogP contribution in [0.25, 0.3) is 0 Å². The van der Waals surface area contributed by atoms with Gasteiger partial charge in [0.1, 0.15) is 24.4 Å². The molecule has 0 radical (unpaired) electrons. The van der Waals surface area contributed by atoms with E-state index in [0.717, 1.165) is 70.6 Å². The highest BCUT2D eigenvalue weighted by atomic mass is 16.7. The van der Waals surface area contributed by atoms with Crippen molar-refractivity contribution in [2.45, 2.75) is 211 Å². The minimum atomic E-state index is -1.58. The van der Waals surface area contributed by atoms with Gasteiger partial charge in [-0.25, -0.2) is 0 Å². The van der Waals surface area contributed by atoms with E-state index in [1.807, 2.05) is 6.08 Å². The van der Waals surface area contributed by atoms with Crippen LogP contribution in [0.2, 0.25) is 0 Å². The molecular formula is C48H83NO8. The number of carbonyl (C=O) groups excluding carboxylic acids is 1. The van der Waals surface area contributed by atoms with Crippen LogP contribution in [0.15, 0.2) is 72.9 Å². The molecular weight excluding hydrogens is 719 g/mol. The highest BCUT2D eigenvalue weighted by Crippen LogP contribution is 2.22. The van der Waals surface area contributed by atoms with Crippen molar-refractivity contribution in [3.05, 3.63) is 72.9 Å². The quantitative estimate of drug-likeness (QED) is 0.0271. The lowest BCUT2D eigenvalue weighted by atomic mass is 9.99. The van der Waals surface area contributed by atoms with Gasteiger partial charge in [-0.1, -0.05) is 157 Å². The van der Waals surface area contributed by atoms with Crippen molar-refractivity contribution in [2.24, 2.45) is 0 Å². The average Bonchev–Trinajstić information content (AvgIpc) is 3.21. The Hall–Kier alpha value is -2.37. The number of aliphatic hydroxyl groups excluding tert-OH is 5. The molecule has 0 spiro atoms. The molecule has 1 fully saturated rings. The van der Waals surface area contributed by atoms with Gasteiger partial charge < -0.3 is 40.3 Å². The van der Waals surface area contributed by atoms with Gasteiger partial charge in [0.25, 0.3) is 0 Å². The lowest BCUT2D eigenvalue weighted by Crippen LogP contribution is -2.60. The summed E-state index contributed by atoms with van der Waals surface area (Å²) in [7, 11) is 0. The number of hydrogen-bond acceptors (Lipinski definition) is 8. The molecule has 328 valence electrons. The van der Waals surface area contributed by atoms with Crippen LogP contribution in [0, 0.1) is 0 Å². The van der Waals surface area contributed by atoms with Gasteiger partial charge in [0, 0.05) is 6.42 Å². The fraction of sp³-hybridized carbons (Fsp3) is 0.729. The van der Waals surface area contributed by atoms with Gasteiger partial charge >= 0.3 is 0 Å². The van der Waals surface area contributed by atoms with E-state index in [1.54, 1.807) is 6.08 Å². The minimum Gasteiger partial charge on any atom is -0.394 e. The summed E-state index contributed by atoms with van der Waals surface area (Å²) in [6, 6.07) is -0.845. The van der Waals surface area contributed by atoms with Crippen molar-refractivity contribution in [3.63, 3.8) is 0 Å². The van der Waals surface area contributed by atoms with Crippen LogP contribution >= 0.6 is 0 Å². The summed E-state index contributed by atoms with van der Waals surface area (Å²) in [6.07, 6.45) is 43.8. The maximum atomic E-state index is 12.9. The Bertz CT molecular complexity index is 1120. The summed E-state index contributed by atoms with van der Waals surface area (Å²) in [5.41, 5.74) is 0. The second-order valence-electron chi connectivity index (χ2n) is 15.4. The lowest BCUT2D eigenvalue weighted by molar-refractivity contribution is -0.302. The Morgan fingerprint density at radius 3 is 1.68 bits per heavy atom. The Labute approximate surface area is 347 Å². The second kappa shape index (κ2) is 37.9. The summed E-state index contributed by atoms with van der Waals surface area (Å²) < 4.78 is 11.2. The number of rotatable bonds is 36. The smallest absolute Gasteiger partial charge is 0.220 e. The van der Waals surface area contributed by atoms with Crippen LogP contribution in [0.5, 0.6) is 0 Å². The summed E-state index contributed by atoms with van der Waals surface area (Å²) in [4.78, 5) is 12.9. The molecule has 0 aromatic rings. The lowest BCUT2D eigenvalue weighted by Gasteiger charge is -2.40. The first-order valence-electron chi connectivity index (χ1n) is 22.7. The number of carbonyl (C=O) groups is 1. The zero-order valence-electron chi connectivity index (χ0n) is 35.8. The molecule has 9 heteroatoms. The zero-order valence-corrected chi connectivity index (χ0v) is 35.8. The number of allylic oxidation sites excluding steroid dienone is 11. The van der Waals surface area contributed by atoms with Crippen molar-refractivity contribution >= 4 is 5.91 Å². The molecule has 1 rings (SSSR count). The number of hydrogen-bond donors (Lipinski definition) is 6. The van der Waals surface area contributed by atoms with Crippen molar-refractivity contribution in [3.8, 4) is 0 Å². The first kappa shape index (κ1) is 52.6. The van der Waals surface area contributed by atoms with Crippen LogP contribution < -0.4 is 5.32 Å². The van der Waals surface area contributed by atoms with E-state index in [1.165, 1.54) is 70.6 Å². The zero-order chi connectivity index (χ0) is 41.6. The van der Waals surface area contributed by atoms with Gasteiger partial charge in [-0.3, -0.25) is 4.79 Å². The van der Waals surface area contributed by atoms with Crippen molar-refractivity contribution in [2.75, 3.05) is 13.2 Å². The highest BCUT2D eigenvalue weighted by Gasteiger charge is 2.44. The van der Waals surface area contributed by atoms with Crippen LogP contribution in [-0.2, 0) is 14.3 Å². The number of ether oxygens (including phenoxy) is 2. The standard InChI is InChI=1S/C48H83NO8/c1-3-5-7-9-11-13-15-17-18-19-20-21-22-23-24-26-27-29-31-33-35-37-42(51)41(40-56-48-47(55)46(54)45(53)43(39-50)57-48)49-44(52)38-36-34-32-30-28-25-16-14-12-10-8-6-4-2/h6,8,12,14,22-23,25,27-29,35,37,41-43,45-48,50-51,53-55H,3-5,7,9-11,13,15-21,24,26,30-34,36,38-40H2,1-2H3,(H,49,52)/b8-6-,14-12-,23-22+,28-25-,29-27+,37-35+. The van der Waals surface area contributed by atoms with E-state index >= 15 is 0 Å². The molecule has 0 aromatic carbocycles. The summed E-state index contributed by atoms with van der Waals surface area (Å²) in [5, 5.41) is 54.1. The summed E-state index contributed by atoms with van der Waals surface area (Å²) >= 11 is 0. The fourth-order valence-electron chi connectivity index (χ4n) is 6.61. The Morgan fingerprint density at radius 1 is 0.614 bits per heavy atom. The SMILES string of the molecule is CC/C=C\C/C=C\C/C=C\CCCCCC(=O)NC(COC1OC(CO)C(O)C(O)C1O)C(O)/C=C/CC/C=C/CC/C=C/CCCCCCCCCCCCC. The molecule has 6 N–H and O–H groups in total. The molecule has 1 heterocycles. The molecule has 0 aromatic heterocycles. The van der Waals surface area contributed by atoms with Crippen LogP contribution in [0.1, 0.15) is 168 Å². The average molecular weight is 802 g/mol. The number of amides is 1. The first-order chi connectivity index (χ1) is 27.8. The van der Waals surface area contributed by atoms with E-state index in [2.05, 4.69) is 79.9 Å². The van der Waals surface area contributed by atoms with E-state index < -0.39 is 49.5 Å². The van der Waals surface area contributed by atoms with Gasteiger partial charge in [-0.05, 0) is 77.0 Å². The Morgan fingerprint density at radius 2 is 1.11 bits per heavy atom. The summed E-state index contributed by atoms with van der Waals surface area (Å²) in [6.45, 7) is 3.60. The number of nitrogens with one attached hydrogen (secondary N) is 1. The Kier molecular flexibility index (Phi) is 35.0. The van der Waals surface area contributed by atoms with E-state index in [9.17, 15) is 30.3 Å². The predicted octanol–water partition coefficient (Wildman–Crippen LogP) is 9.39. The maximum absolute atomic E-state index is 12.9. The molecule has 7 unspecified atom stereocenters. The molecule has 1 aliphatic heterocycles. The van der Waals surface area contributed by atoms with Gasteiger partial charge in [0.2, 0.25) is 5.91 Å². The van der Waals surface area contributed by atoms with Gasteiger partial charge in [0.15, 0.2) is 6.29 Å². The van der Waals surface area contributed by atoms with E-state index in [-0.39, 0.29) is 12.5 Å². The molecule has 0 bridgehead atoms. The molecule has 9 nitrogen and oxygen atoms in total. The second-order valence-corrected chi connectivity index (χ2v) is 15.4. The molecule has 0 saturated carbocycles. The normalized spacial score (nSPS) is 21.7. The van der Waals surface area contributed by atoms with Gasteiger partial charge in [0.05, 0.1) is 25.4 Å². The number of aliphatic hydroxyl groups is 5. The van der Waals surface area contributed by atoms with Gasteiger partial charge in [-0.2, -0.15) is 0 Å². The van der Waals surface area contributed by atoms with Gasteiger partial charge in [-0.15, -0.1) is 0 Å². The third kappa shape index (κ3) is 28.7. The van der Waals surface area contributed by atoms with Crippen LogP contribution in [0.3, 0.4) is 0 Å². The maximum Gasteiger partial charge on any atom is 0.220 e. The summed E-state index contributed by atoms with van der Waals surface area (Å²) in [5.74, 6) is -0.224. The third-order valence-electron chi connectivity index (χ3n) is 10.2. The molecule has 57 heavy (non-hydrogen) atoms. The topological polar surface area (TPSA) is 149 Å². The Balaban J connectivity index is 2.42. The molecule has 7 atom stereocenters. The van der Waals surface area contributed by atoms with E-state index in [0.29, 0.717) is 12.8 Å².